The highest BCUT2D eigenvalue weighted by Gasteiger charge is 2.02. The molecule has 3 N–H and O–H groups in total. The molecule has 0 unspecified atom stereocenters. The van der Waals surface area contributed by atoms with Gasteiger partial charge >= 0.3 is 5.97 Å². The number of carboxylic acids is 1. The summed E-state index contributed by atoms with van der Waals surface area (Å²) in [5, 5.41) is 8.69. The van der Waals surface area contributed by atoms with Crippen molar-refractivity contribution in [2.24, 2.45) is 5.73 Å². The van der Waals surface area contributed by atoms with Gasteiger partial charge in [-0.15, -0.1) is 0 Å². The second kappa shape index (κ2) is 5.47. The Bertz CT molecular complexity index is 547. The third kappa shape index (κ3) is 2.96. The monoisotopic (exact) mass is 240 g/mol. The summed E-state index contributed by atoms with van der Waals surface area (Å²) in [6.07, 6.45) is 0.00309. The molecule has 0 aromatic heterocycles. The Labute approximate surface area is 106 Å². The SMILES string of the molecule is NCc1cccc(-c2c[c]c(CC(=O)O)cc2)c1. The number of nitrogens with two attached hydrogens (primary N) is 1. The second-order valence-electron chi connectivity index (χ2n) is 4.08. The van der Waals surface area contributed by atoms with E-state index in [-0.39, 0.29) is 6.42 Å². The average Bonchev–Trinajstić information content (AvgIpc) is 2.39. The lowest BCUT2D eigenvalue weighted by Crippen LogP contribution is -1.99. The Kier molecular flexibility index (Phi) is 3.75. The molecule has 0 saturated carbocycles. The molecule has 0 heterocycles. The minimum Gasteiger partial charge on any atom is -0.481 e. The number of hydrogen-bond acceptors (Lipinski definition) is 2. The molecule has 0 spiro atoms. The first kappa shape index (κ1) is 12.3. The molecular weight excluding hydrogens is 226 g/mol. The summed E-state index contributed by atoms with van der Waals surface area (Å²) < 4.78 is 0. The molecule has 3 nitrogen and oxygen atoms in total. The van der Waals surface area contributed by atoms with E-state index in [1.165, 1.54) is 0 Å². The van der Waals surface area contributed by atoms with E-state index in [2.05, 4.69) is 6.07 Å². The van der Waals surface area contributed by atoms with Gasteiger partial charge in [0.15, 0.2) is 0 Å². The molecule has 1 radical (unpaired) electrons. The maximum absolute atomic E-state index is 10.6. The molecule has 2 aromatic rings. The molecule has 0 bridgehead atoms. The van der Waals surface area contributed by atoms with Gasteiger partial charge < -0.3 is 10.8 Å². The number of carbonyl (C=O) groups is 1. The van der Waals surface area contributed by atoms with Gasteiger partial charge in [-0.3, -0.25) is 4.79 Å². The van der Waals surface area contributed by atoms with E-state index < -0.39 is 5.97 Å². The van der Waals surface area contributed by atoms with Gasteiger partial charge in [0, 0.05) is 6.54 Å². The van der Waals surface area contributed by atoms with Crippen LogP contribution in [0.5, 0.6) is 0 Å². The maximum atomic E-state index is 10.6. The van der Waals surface area contributed by atoms with Crippen LogP contribution >= 0.6 is 0 Å². The van der Waals surface area contributed by atoms with Gasteiger partial charge in [-0.25, -0.2) is 0 Å². The summed E-state index contributed by atoms with van der Waals surface area (Å²) in [5.41, 5.74) is 9.43. The molecule has 0 aliphatic carbocycles. The highest BCUT2D eigenvalue weighted by atomic mass is 16.4. The predicted molar refractivity (Wildman–Crippen MR) is 69.9 cm³/mol. The van der Waals surface area contributed by atoms with Gasteiger partial charge in [-0.1, -0.05) is 30.3 Å². The molecule has 91 valence electrons. The van der Waals surface area contributed by atoms with Crippen LogP contribution in [0.25, 0.3) is 11.1 Å². The first-order valence-electron chi connectivity index (χ1n) is 5.71. The Balaban J connectivity index is 2.25. The topological polar surface area (TPSA) is 63.3 Å². The number of carboxylic acid groups (broad SMARTS) is 1. The summed E-state index contributed by atoms with van der Waals surface area (Å²) in [7, 11) is 0. The Morgan fingerprint density at radius 3 is 2.67 bits per heavy atom. The van der Waals surface area contributed by atoms with Gasteiger partial charge in [-0.05, 0) is 40.5 Å². The van der Waals surface area contributed by atoms with Crippen LogP contribution < -0.4 is 5.73 Å². The average molecular weight is 240 g/mol. The molecule has 0 atom stereocenters. The van der Waals surface area contributed by atoms with E-state index in [0.29, 0.717) is 12.1 Å². The highest BCUT2D eigenvalue weighted by molar-refractivity contribution is 5.71. The second-order valence-corrected chi connectivity index (χ2v) is 4.08. The van der Waals surface area contributed by atoms with Gasteiger partial charge in [0.1, 0.15) is 0 Å². The number of hydrogen-bond donors (Lipinski definition) is 2. The molecule has 2 aromatic carbocycles. The zero-order chi connectivity index (χ0) is 13.0. The summed E-state index contributed by atoms with van der Waals surface area (Å²) in [6, 6.07) is 16.5. The molecule has 18 heavy (non-hydrogen) atoms. The molecular formula is C15H14NO2. The van der Waals surface area contributed by atoms with Gasteiger partial charge in [0.2, 0.25) is 0 Å². The van der Waals surface area contributed by atoms with Crippen molar-refractivity contribution < 1.29 is 9.90 Å². The van der Waals surface area contributed by atoms with Gasteiger partial charge in [0.25, 0.3) is 0 Å². The normalized spacial score (nSPS) is 10.3. The standard InChI is InChI=1S/C15H14NO2/c16-10-12-2-1-3-14(8-12)13-6-4-11(5-7-13)9-15(17)18/h1-4,6-8H,9-10,16H2,(H,17,18). The predicted octanol–water partition coefficient (Wildman–Crippen LogP) is 2.24. The summed E-state index contributed by atoms with van der Waals surface area (Å²) in [6.45, 7) is 0.509. The Hall–Kier alpha value is -2.13. The van der Waals surface area contributed by atoms with Crippen LogP contribution in [0.15, 0.2) is 42.5 Å². The fourth-order valence-electron chi connectivity index (χ4n) is 1.79. The Morgan fingerprint density at radius 2 is 2.06 bits per heavy atom. The van der Waals surface area contributed by atoms with Crippen molar-refractivity contribution in [3.8, 4) is 11.1 Å². The summed E-state index contributed by atoms with van der Waals surface area (Å²) >= 11 is 0. The van der Waals surface area contributed by atoms with Crippen LogP contribution in [-0.2, 0) is 17.8 Å². The summed E-state index contributed by atoms with van der Waals surface area (Å²) in [4.78, 5) is 10.6. The molecule has 3 heteroatoms. The van der Waals surface area contributed by atoms with E-state index in [9.17, 15) is 4.79 Å². The minimum absolute atomic E-state index is 0.00309. The first-order chi connectivity index (χ1) is 8.69. The van der Waals surface area contributed by atoms with Crippen LogP contribution in [0.4, 0.5) is 0 Å². The Morgan fingerprint density at radius 1 is 1.22 bits per heavy atom. The largest absolute Gasteiger partial charge is 0.481 e. The van der Waals surface area contributed by atoms with E-state index in [1.54, 1.807) is 6.07 Å². The third-order valence-electron chi connectivity index (χ3n) is 2.71. The summed E-state index contributed by atoms with van der Waals surface area (Å²) in [5.74, 6) is -0.843. The molecule has 0 saturated heterocycles. The van der Waals surface area contributed by atoms with Crippen molar-refractivity contribution >= 4 is 5.97 Å². The van der Waals surface area contributed by atoms with E-state index in [1.807, 2.05) is 36.4 Å². The van der Waals surface area contributed by atoms with Crippen LogP contribution in [0.2, 0.25) is 0 Å². The van der Waals surface area contributed by atoms with Crippen LogP contribution in [0.1, 0.15) is 11.1 Å². The third-order valence-corrected chi connectivity index (χ3v) is 2.71. The van der Waals surface area contributed by atoms with Crippen LogP contribution in [0.3, 0.4) is 0 Å². The van der Waals surface area contributed by atoms with Crippen LogP contribution in [0, 0.1) is 6.07 Å². The van der Waals surface area contributed by atoms with Crippen molar-refractivity contribution in [2.45, 2.75) is 13.0 Å². The molecule has 0 aliphatic rings. The lowest BCUT2D eigenvalue weighted by Gasteiger charge is -2.05. The van der Waals surface area contributed by atoms with Gasteiger partial charge in [-0.2, -0.15) is 0 Å². The number of aliphatic carboxylic acids is 1. The first-order valence-corrected chi connectivity index (χ1v) is 5.71. The van der Waals surface area contributed by atoms with Gasteiger partial charge in [0.05, 0.1) is 6.42 Å². The lowest BCUT2D eigenvalue weighted by molar-refractivity contribution is -0.136. The molecule has 0 amide bonds. The van der Waals surface area contributed by atoms with Crippen LogP contribution in [-0.4, -0.2) is 11.1 Å². The fourth-order valence-corrected chi connectivity index (χ4v) is 1.79. The van der Waals surface area contributed by atoms with Crippen molar-refractivity contribution in [2.75, 3.05) is 0 Å². The quantitative estimate of drug-likeness (QED) is 0.861. The van der Waals surface area contributed by atoms with E-state index in [0.717, 1.165) is 16.7 Å². The van der Waals surface area contributed by atoms with E-state index >= 15 is 0 Å². The van der Waals surface area contributed by atoms with Crippen molar-refractivity contribution in [1.29, 1.82) is 0 Å². The number of benzene rings is 2. The van der Waals surface area contributed by atoms with Crippen molar-refractivity contribution in [1.82, 2.24) is 0 Å². The maximum Gasteiger partial charge on any atom is 0.307 e. The molecule has 0 fully saturated rings. The zero-order valence-corrected chi connectivity index (χ0v) is 9.89. The van der Waals surface area contributed by atoms with E-state index in [4.69, 9.17) is 10.8 Å². The zero-order valence-electron chi connectivity index (χ0n) is 9.89. The molecule has 2 rings (SSSR count). The molecule has 0 aliphatic heterocycles. The smallest absolute Gasteiger partial charge is 0.307 e. The van der Waals surface area contributed by atoms with Crippen molar-refractivity contribution in [3.63, 3.8) is 0 Å². The minimum atomic E-state index is -0.843. The lowest BCUT2D eigenvalue weighted by atomic mass is 10.0. The fraction of sp³-hybridized carbons (Fsp3) is 0.133. The van der Waals surface area contributed by atoms with Crippen molar-refractivity contribution in [3.05, 3.63) is 59.7 Å². The number of rotatable bonds is 4. The highest BCUT2D eigenvalue weighted by Crippen LogP contribution is 2.20.